The quantitative estimate of drug-likeness (QED) is 0.0245. The number of nitrogens with one attached hydrogen (secondary N) is 1. The van der Waals surface area contributed by atoms with Crippen molar-refractivity contribution < 1.29 is 24.5 Å². The van der Waals surface area contributed by atoms with Gasteiger partial charge in [0.05, 0.1) is 25.2 Å². The van der Waals surface area contributed by atoms with Crippen molar-refractivity contribution in [3.05, 3.63) is 72.9 Å². The zero-order valence-electron chi connectivity index (χ0n) is 40.0. The van der Waals surface area contributed by atoms with Gasteiger partial charge >= 0.3 is 5.97 Å². The summed E-state index contributed by atoms with van der Waals surface area (Å²) in [5, 5.41) is 23.7. The Hall–Kier alpha value is -2.70. The molecule has 61 heavy (non-hydrogen) atoms. The molecule has 0 saturated carbocycles. The Balaban J connectivity index is 4.72. The van der Waals surface area contributed by atoms with Crippen molar-refractivity contribution in [1.29, 1.82) is 0 Å². The molecule has 0 spiro atoms. The Kier molecular flexibility index (Phi) is 46.2. The summed E-state index contributed by atoms with van der Waals surface area (Å²) >= 11 is 0. The number of carbonyl (C=O) groups is 2. The summed E-state index contributed by atoms with van der Waals surface area (Å²) in [6.45, 7) is 6.37. The molecular weight excluding hydrogens is 755 g/mol. The number of hydrogen-bond acceptors (Lipinski definition) is 5. The summed E-state index contributed by atoms with van der Waals surface area (Å²) in [5.74, 6) is -0.536. The lowest BCUT2D eigenvalue weighted by Gasteiger charge is -2.24. The van der Waals surface area contributed by atoms with Crippen LogP contribution in [0, 0.1) is 0 Å². The van der Waals surface area contributed by atoms with E-state index in [0.717, 1.165) is 83.5 Å². The maximum Gasteiger partial charge on any atom is 0.306 e. The van der Waals surface area contributed by atoms with Crippen molar-refractivity contribution in [3.8, 4) is 0 Å². The largest absolute Gasteiger partial charge is 0.462 e. The van der Waals surface area contributed by atoms with Gasteiger partial charge in [0, 0.05) is 6.42 Å². The van der Waals surface area contributed by atoms with Crippen LogP contribution < -0.4 is 5.32 Å². The van der Waals surface area contributed by atoms with E-state index >= 15 is 0 Å². The third-order valence-corrected chi connectivity index (χ3v) is 11.4. The molecule has 0 radical (unpaired) electrons. The van der Waals surface area contributed by atoms with Crippen LogP contribution in [0.2, 0.25) is 0 Å². The summed E-state index contributed by atoms with van der Waals surface area (Å²) in [6.07, 6.45) is 61.0. The minimum absolute atomic E-state index is 0.0412. The minimum atomic E-state index is -0.804. The molecular formula is C55H97NO5. The molecule has 0 aliphatic heterocycles. The van der Waals surface area contributed by atoms with Gasteiger partial charge in [0.2, 0.25) is 5.91 Å². The van der Waals surface area contributed by atoms with E-state index in [4.69, 9.17) is 4.74 Å². The normalized spacial score (nSPS) is 13.9. The van der Waals surface area contributed by atoms with Crippen LogP contribution in [0.1, 0.15) is 239 Å². The molecule has 0 bridgehead atoms. The molecule has 352 valence electrons. The van der Waals surface area contributed by atoms with E-state index in [1.807, 2.05) is 36.5 Å². The molecule has 0 aromatic carbocycles. The Bertz CT molecular complexity index is 1140. The molecule has 3 unspecified atom stereocenters. The molecule has 0 aromatic heterocycles. The van der Waals surface area contributed by atoms with Crippen LogP contribution in [0.3, 0.4) is 0 Å². The number of carbonyl (C=O) groups excluding carboxylic acids is 2. The van der Waals surface area contributed by atoms with Gasteiger partial charge in [-0.05, 0) is 70.6 Å². The molecule has 6 nitrogen and oxygen atoms in total. The zero-order valence-corrected chi connectivity index (χ0v) is 40.0. The smallest absolute Gasteiger partial charge is 0.306 e. The lowest BCUT2D eigenvalue weighted by Crippen LogP contribution is -2.46. The highest BCUT2D eigenvalue weighted by atomic mass is 16.5. The molecule has 0 aliphatic carbocycles. The third kappa shape index (κ3) is 43.7. The van der Waals surface area contributed by atoms with Crippen LogP contribution in [0.4, 0.5) is 0 Å². The number of esters is 1. The Morgan fingerprint density at radius 1 is 0.475 bits per heavy atom. The van der Waals surface area contributed by atoms with Gasteiger partial charge in [-0.2, -0.15) is 0 Å². The van der Waals surface area contributed by atoms with Gasteiger partial charge in [-0.15, -0.1) is 0 Å². The van der Waals surface area contributed by atoms with E-state index < -0.39 is 18.2 Å². The van der Waals surface area contributed by atoms with E-state index in [0.29, 0.717) is 19.3 Å². The van der Waals surface area contributed by atoms with E-state index in [-0.39, 0.29) is 24.9 Å². The fourth-order valence-electron chi connectivity index (χ4n) is 7.45. The second kappa shape index (κ2) is 48.3. The average molecular weight is 852 g/mol. The fraction of sp³-hybridized carbons (Fsp3) is 0.745. The maximum absolute atomic E-state index is 13.2. The van der Waals surface area contributed by atoms with E-state index in [2.05, 4.69) is 62.5 Å². The molecule has 0 saturated heterocycles. The minimum Gasteiger partial charge on any atom is -0.462 e. The average Bonchev–Trinajstić information content (AvgIpc) is 3.25. The van der Waals surface area contributed by atoms with Crippen LogP contribution in [0.25, 0.3) is 0 Å². The number of hydrogen-bond donors (Lipinski definition) is 3. The molecule has 1 amide bonds. The van der Waals surface area contributed by atoms with Gasteiger partial charge in [-0.3, -0.25) is 9.59 Å². The number of rotatable bonds is 45. The van der Waals surface area contributed by atoms with Crippen molar-refractivity contribution in [1.82, 2.24) is 5.32 Å². The van der Waals surface area contributed by atoms with Crippen LogP contribution in [-0.4, -0.2) is 46.9 Å². The first-order valence-corrected chi connectivity index (χ1v) is 25.7. The highest BCUT2D eigenvalue weighted by Crippen LogP contribution is 2.17. The van der Waals surface area contributed by atoms with Gasteiger partial charge < -0.3 is 20.3 Å². The van der Waals surface area contributed by atoms with Gasteiger partial charge in [-0.1, -0.05) is 229 Å². The number of unbranched alkanes of at least 4 members (excludes halogenated alkanes) is 25. The molecule has 0 rings (SSSR count). The van der Waals surface area contributed by atoms with E-state index in [1.54, 1.807) is 0 Å². The summed E-state index contributed by atoms with van der Waals surface area (Å²) in [7, 11) is 0. The lowest BCUT2D eigenvalue weighted by atomic mass is 10.0. The van der Waals surface area contributed by atoms with Crippen LogP contribution in [-0.2, 0) is 14.3 Å². The van der Waals surface area contributed by atoms with Crippen molar-refractivity contribution in [2.75, 3.05) is 6.61 Å². The fourth-order valence-corrected chi connectivity index (χ4v) is 7.45. The standard InChI is InChI=1S/C55H97NO5/c1-4-7-10-13-16-19-22-25-27-28-29-31-34-37-40-43-46-51(61-55(60)48-45-42-39-36-33-30-26-23-20-17-14-11-8-5-2)49-54(59)56-52(50-57)53(58)47-44-41-38-35-32-24-21-18-15-12-9-6-3/h10,13,16,19,22,25,27-31,33,51-53,57-58H,4-9,11-12,14-15,17-18,20-21,23-24,26,32,34-50H2,1-3H3,(H,56,59)/b13-10+,19-16+,25-22+,28-27+,31-29+,33-30-. The Labute approximate surface area is 377 Å². The first kappa shape index (κ1) is 58.3. The monoisotopic (exact) mass is 852 g/mol. The predicted molar refractivity (Wildman–Crippen MR) is 264 cm³/mol. The molecule has 0 fully saturated rings. The number of aliphatic hydroxyl groups is 2. The number of amides is 1. The van der Waals surface area contributed by atoms with Crippen molar-refractivity contribution in [2.24, 2.45) is 0 Å². The number of aliphatic hydroxyl groups excluding tert-OH is 2. The summed E-state index contributed by atoms with van der Waals surface area (Å²) in [4.78, 5) is 26.1. The molecule has 0 aliphatic rings. The molecule has 3 N–H and O–H groups in total. The second-order valence-corrected chi connectivity index (χ2v) is 17.3. The van der Waals surface area contributed by atoms with Crippen LogP contribution in [0.5, 0.6) is 0 Å². The Morgan fingerprint density at radius 3 is 1.39 bits per heavy atom. The summed E-state index contributed by atoms with van der Waals surface area (Å²) in [5.41, 5.74) is 0. The first-order chi connectivity index (χ1) is 30.0. The lowest BCUT2D eigenvalue weighted by molar-refractivity contribution is -0.151. The van der Waals surface area contributed by atoms with Gasteiger partial charge in [0.1, 0.15) is 6.10 Å². The molecule has 6 heteroatoms. The SMILES string of the molecule is CCC/C=C/C=C/C=C/C=C/C=C/CCCCCC(CC(=O)NC(CO)C(O)CCCCCCCCCCCCCC)OC(=O)CCCCC/C=C\CCCCCCCCC. The van der Waals surface area contributed by atoms with Crippen molar-refractivity contribution in [2.45, 2.75) is 257 Å². The summed E-state index contributed by atoms with van der Waals surface area (Å²) in [6, 6.07) is -0.721. The molecule has 3 atom stereocenters. The van der Waals surface area contributed by atoms with Crippen molar-refractivity contribution >= 4 is 11.9 Å². The van der Waals surface area contributed by atoms with Gasteiger partial charge in [-0.25, -0.2) is 0 Å². The number of ether oxygens (including phenoxy) is 1. The first-order valence-electron chi connectivity index (χ1n) is 25.7. The predicted octanol–water partition coefficient (Wildman–Crippen LogP) is 15.4. The number of allylic oxidation sites excluding steroid dienone is 12. The highest BCUT2D eigenvalue weighted by molar-refractivity contribution is 5.77. The van der Waals surface area contributed by atoms with E-state index in [9.17, 15) is 19.8 Å². The molecule has 0 aromatic rings. The van der Waals surface area contributed by atoms with Gasteiger partial charge in [0.25, 0.3) is 0 Å². The maximum atomic E-state index is 13.2. The van der Waals surface area contributed by atoms with Gasteiger partial charge in [0.15, 0.2) is 0 Å². The second-order valence-electron chi connectivity index (χ2n) is 17.3. The van der Waals surface area contributed by atoms with Crippen LogP contribution in [0.15, 0.2) is 72.9 Å². The summed E-state index contributed by atoms with van der Waals surface area (Å²) < 4.78 is 5.91. The third-order valence-electron chi connectivity index (χ3n) is 11.4. The molecule has 0 heterocycles. The topological polar surface area (TPSA) is 95.9 Å². The Morgan fingerprint density at radius 2 is 0.885 bits per heavy atom. The van der Waals surface area contributed by atoms with Crippen LogP contribution >= 0.6 is 0 Å². The highest BCUT2D eigenvalue weighted by Gasteiger charge is 2.24. The van der Waals surface area contributed by atoms with E-state index in [1.165, 1.54) is 109 Å². The zero-order chi connectivity index (χ0) is 44.5. The van der Waals surface area contributed by atoms with Crippen molar-refractivity contribution in [3.63, 3.8) is 0 Å².